The number of aliphatic hydroxyl groups is 2. The first-order chi connectivity index (χ1) is 36.1. The number of nitrogens with zero attached hydrogens (tertiary/aromatic N) is 4. The van der Waals surface area contributed by atoms with Crippen molar-refractivity contribution >= 4 is 46.6 Å². The number of hydrogen-bond acceptors (Lipinski definition) is 14. The summed E-state index contributed by atoms with van der Waals surface area (Å²) in [7, 11) is 0. The van der Waals surface area contributed by atoms with Gasteiger partial charge in [-0.05, 0) is 94.5 Å². The summed E-state index contributed by atoms with van der Waals surface area (Å²) in [6.45, 7) is 1.51. The van der Waals surface area contributed by atoms with E-state index in [1.165, 1.54) is 24.3 Å². The van der Waals surface area contributed by atoms with Gasteiger partial charge in [-0.1, -0.05) is 84.6 Å². The first kappa shape index (κ1) is 49.2. The maximum atomic E-state index is 16.6. The van der Waals surface area contributed by atoms with Crippen LogP contribution in [0.3, 0.4) is 0 Å². The number of carbonyl (C=O) groups is 4. The van der Waals surface area contributed by atoms with Gasteiger partial charge in [0, 0.05) is 48.6 Å². The van der Waals surface area contributed by atoms with Crippen LogP contribution in [0.25, 0.3) is 0 Å². The molecule has 3 N–H and O–H groups in total. The van der Waals surface area contributed by atoms with E-state index in [9.17, 15) is 25.1 Å². The van der Waals surface area contributed by atoms with Gasteiger partial charge in [-0.25, -0.2) is 9.69 Å². The van der Waals surface area contributed by atoms with Crippen LogP contribution in [0.15, 0.2) is 152 Å². The second-order valence-corrected chi connectivity index (χ2v) is 18.2. The third-order valence-electron chi connectivity index (χ3n) is 13.9. The van der Waals surface area contributed by atoms with Crippen molar-refractivity contribution < 1.29 is 53.3 Å². The van der Waals surface area contributed by atoms with Gasteiger partial charge in [0.2, 0.25) is 11.8 Å². The topological polar surface area (TPSA) is 211 Å². The summed E-state index contributed by atoms with van der Waals surface area (Å²) < 4.78 is 24.1. The van der Waals surface area contributed by atoms with Crippen molar-refractivity contribution in [3.63, 3.8) is 0 Å². The zero-order valence-electron chi connectivity index (χ0n) is 40.0. The van der Waals surface area contributed by atoms with E-state index < -0.39 is 64.4 Å². The first-order valence-electron chi connectivity index (χ1n) is 24.3. The number of ether oxygens (including phenoxy) is 4. The fraction of sp³-hybridized carbons (Fsp3) is 0.263. The zero-order chi connectivity index (χ0) is 51.3. The van der Waals surface area contributed by atoms with Gasteiger partial charge in [-0.15, -0.1) is 0 Å². The van der Waals surface area contributed by atoms with E-state index in [0.29, 0.717) is 65.6 Å². The van der Waals surface area contributed by atoms with E-state index in [2.05, 4.69) is 22.1 Å². The number of non-ortho nitro benzene ring substituents is 1. The van der Waals surface area contributed by atoms with Gasteiger partial charge in [0.25, 0.3) is 5.69 Å². The van der Waals surface area contributed by atoms with E-state index in [1.807, 2.05) is 77.7 Å². The lowest BCUT2D eigenvalue weighted by Gasteiger charge is -2.46. The fourth-order valence-corrected chi connectivity index (χ4v) is 10.8. The van der Waals surface area contributed by atoms with Crippen molar-refractivity contribution in [2.45, 2.75) is 42.7 Å². The summed E-state index contributed by atoms with van der Waals surface area (Å²) in [6.07, 6.45) is -1.97. The Morgan fingerprint density at radius 3 is 2.19 bits per heavy atom. The van der Waals surface area contributed by atoms with Crippen LogP contribution in [0, 0.1) is 27.9 Å². The number of anilines is 3. The number of cyclic esters (lactones) is 1. The van der Waals surface area contributed by atoms with Crippen LogP contribution in [-0.2, 0) is 40.6 Å². The fourth-order valence-electron chi connectivity index (χ4n) is 10.8. The molecule has 4 heterocycles. The lowest BCUT2D eigenvalue weighted by Crippen LogP contribution is -2.54. The summed E-state index contributed by atoms with van der Waals surface area (Å²) in [5, 5.41) is 34.1. The van der Waals surface area contributed by atoms with Crippen LogP contribution in [0.4, 0.5) is 27.5 Å². The molecule has 0 radical (unpaired) electrons. The number of benzene rings is 6. The molecule has 4 aliphatic rings. The number of morpholine rings is 2. The molecule has 10 rings (SSSR count). The molecular weight excluding hydrogens is 947 g/mol. The Balaban J connectivity index is 1.21. The maximum absolute atomic E-state index is 16.6. The molecule has 376 valence electrons. The van der Waals surface area contributed by atoms with Crippen molar-refractivity contribution in [3.05, 3.63) is 195 Å². The highest BCUT2D eigenvalue weighted by Crippen LogP contribution is 2.66. The molecule has 3 saturated heterocycles. The number of nitro groups is 1. The van der Waals surface area contributed by atoms with Crippen molar-refractivity contribution in [2.75, 3.05) is 61.2 Å². The normalized spacial score (nSPS) is 22.0. The molecule has 17 nitrogen and oxygen atoms in total. The number of carbonyl (C=O) groups excluding carboxylic acids is 4. The monoisotopic (exact) mass is 997 g/mol. The van der Waals surface area contributed by atoms with Crippen molar-refractivity contribution in [2.24, 2.45) is 5.92 Å². The van der Waals surface area contributed by atoms with Gasteiger partial charge in [-0.3, -0.25) is 29.4 Å². The van der Waals surface area contributed by atoms with E-state index in [1.54, 1.807) is 54.6 Å². The molecule has 4 aliphatic heterocycles. The Bertz CT molecular complexity index is 3120. The van der Waals surface area contributed by atoms with Gasteiger partial charge < -0.3 is 39.4 Å². The van der Waals surface area contributed by atoms with Crippen LogP contribution in [-0.4, -0.2) is 96.1 Å². The number of rotatable bonds is 13. The Morgan fingerprint density at radius 1 is 0.797 bits per heavy atom. The third-order valence-corrected chi connectivity index (χ3v) is 13.9. The van der Waals surface area contributed by atoms with Crippen LogP contribution >= 0.6 is 0 Å². The zero-order valence-corrected chi connectivity index (χ0v) is 40.0. The van der Waals surface area contributed by atoms with E-state index in [0.717, 1.165) is 10.6 Å². The molecule has 3 fully saturated rings. The predicted octanol–water partition coefficient (Wildman–Crippen LogP) is 7.18. The minimum atomic E-state index is -2.17. The quantitative estimate of drug-likeness (QED) is 0.0453. The molecule has 6 atom stereocenters. The van der Waals surface area contributed by atoms with Gasteiger partial charge in [0.1, 0.15) is 36.5 Å². The average molecular weight is 998 g/mol. The number of esters is 1. The van der Waals surface area contributed by atoms with E-state index >= 15 is 14.4 Å². The van der Waals surface area contributed by atoms with E-state index in [4.69, 9.17) is 18.9 Å². The SMILES string of the molecule is O=C1OC(c2ccccc2)C(c2ccccc2)N2C1C(C(=O)Nc1ccc(N3CCOCC3)cc1)C1(C(=O)N(C(=O)OCc3ccc([N+](=O)[O-])cc3)c3ccc(C#CCCO)cc31)C2c1cccc(OCCO)c1. The lowest BCUT2D eigenvalue weighted by molar-refractivity contribution is -0.384. The molecule has 6 aromatic carbocycles. The molecule has 17 heteroatoms. The van der Waals surface area contributed by atoms with Gasteiger partial charge >= 0.3 is 12.1 Å². The Kier molecular flexibility index (Phi) is 14.2. The number of nitro benzene ring substituents is 1. The van der Waals surface area contributed by atoms with Gasteiger partial charge in [0.05, 0.1) is 55.0 Å². The van der Waals surface area contributed by atoms with Gasteiger partial charge in [0.15, 0.2) is 0 Å². The molecule has 3 amide bonds. The molecule has 0 aliphatic carbocycles. The number of aliphatic hydroxyl groups excluding tert-OH is 2. The summed E-state index contributed by atoms with van der Waals surface area (Å²) in [5.74, 6) is 2.28. The Labute approximate surface area is 426 Å². The van der Waals surface area contributed by atoms with Crippen LogP contribution in [0.1, 0.15) is 58.0 Å². The maximum Gasteiger partial charge on any atom is 0.421 e. The summed E-state index contributed by atoms with van der Waals surface area (Å²) in [5.41, 5.74) is 1.73. The number of hydrogen-bond donors (Lipinski definition) is 3. The van der Waals surface area contributed by atoms with Crippen LogP contribution < -0.4 is 19.9 Å². The minimum Gasteiger partial charge on any atom is -0.491 e. The van der Waals surface area contributed by atoms with Crippen molar-refractivity contribution in [1.29, 1.82) is 0 Å². The highest BCUT2D eigenvalue weighted by atomic mass is 16.6. The molecule has 74 heavy (non-hydrogen) atoms. The van der Waals surface area contributed by atoms with Crippen molar-refractivity contribution in [1.82, 2.24) is 4.90 Å². The van der Waals surface area contributed by atoms with Crippen LogP contribution in [0.5, 0.6) is 5.75 Å². The molecule has 0 aromatic heterocycles. The van der Waals surface area contributed by atoms with E-state index in [-0.39, 0.29) is 49.8 Å². The molecule has 1 spiro atoms. The molecule has 0 bridgehead atoms. The highest BCUT2D eigenvalue weighted by Gasteiger charge is 2.76. The molecule has 0 saturated carbocycles. The Hall–Kier alpha value is -8.40. The predicted molar refractivity (Wildman–Crippen MR) is 271 cm³/mol. The van der Waals surface area contributed by atoms with Gasteiger partial charge in [-0.2, -0.15) is 0 Å². The standard InChI is InChI=1S/C57H51N5O12/c63-29-8-7-10-37-19-26-47-46(34-37)57(55(67)60(47)56(68)73-36-38-17-22-44(23-18-38)62(69)70)48(53(65)58-42-20-24-43(25-21-42)59-27-31-71-32-28-59)50-54(66)74-51(40-13-5-2-6-14-40)49(39-11-3-1-4-12-39)61(50)52(57)41-15-9-16-45(35-41)72-33-30-64/h1-6,9,11-26,34-35,48-52,63-64H,8,27-33,36H2,(H,58,65). The summed E-state index contributed by atoms with van der Waals surface area (Å²) >= 11 is 0. The number of nitrogens with one attached hydrogen (secondary N) is 1. The average Bonchev–Trinajstić information content (AvgIpc) is 3.96. The number of imide groups is 1. The highest BCUT2D eigenvalue weighted by molar-refractivity contribution is 6.24. The number of amides is 3. The minimum absolute atomic E-state index is 0.0610. The molecule has 6 aromatic rings. The lowest BCUT2D eigenvalue weighted by atomic mass is 9.65. The van der Waals surface area contributed by atoms with Crippen LogP contribution in [0.2, 0.25) is 0 Å². The first-order valence-corrected chi connectivity index (χ1v) is 24.3. The Morgan fingerprint density at radius 2 is 1.50 bits per heavy atom. The number of fused-ring (bicyclic) bond motifs is 3. The summed E-state index contributed by atoms with van der Waals surface area (Å²) in [4.78, 5) is 79.0. The molecular formula is C57H51N5O12. The second-order valence-electron chi connectivity index (χ2n) is 18.2. The molecule has 6 unspecified atom stereocenters. The second kappa shape index (κ2) is 21.4. The summed E-state index contributed by atoms with van der Waals surface area (Å²) in [6, 6.07) is 39.3. The van der Waals surface area contributed by atoms with Crippen molar-refractivity contribution in [3.8, 4) is 17.6 Å². The smallest absolute Gasteiger partial charge is 0.421 e. The largest absolute Gasteiger partial charge is 0.491 e. The third kappa shape index (κ3) is 9.20.